The summed E-state index contributed by atoms with van der Waals surface area (Å²) in [5, 5.41) is 18.9. The molecule has 0 amide bonds. The predicted molar refractivity (Wildman–Crippen MR) is 66.3 cm³/mol. The Bertz CT molecular complexity index is 587. The number of carboxylic acid groups (broad SMARTS) is 1. The average molecular weight is 284 g/mol. The van der Waals surface area contributed by atoms with Crippen LogP contribution < -0.4 is 10.9 Å². The van der Waals surface area contributed by atoms with E-state index in [-0.39, 0.29) is 5.75 Å². The van der Waals surface area contributed by atoms with Gasteiger partial charge in [0, 0.05) is 16.3 Å². The molecule has 8 heteroatoms. The van der Waals surface area contributed by atoms with Gasteiger partial charge in [-0.25, -0.2) is 4.68 Å². The SMILES string of the molecule is Nn1c(SCC(=O)[O-])nnc1-c1cccc(Cl)c1. The van der Waals surface area contributed by atoms with E-state index in [0.717, 1.165) is 11.8 Å². The van der Waals surface area contributed by atoms with Crippen molar-refractivity contribution < 1.29 is 9.90 Å². The van der Waals surface area contributed by atoms with Gasteiger partial charge < -0.3 is 15.7 Å². The van der Waals surface area contributed by atoms with E-state index in [2.05, 4.69) is 10.2 Å². The van der Waals surface area contributed by atoms with Crippen LogP contribution in [0.1, 0.15) is 0 Å². The minimum atomic E-state index is -1.19. The molecule has 0 radical (unpaired) electrons. The second-order valence-electron chi connectivity index (χ2n) is 3.35. The molecule has 0 aliphatic carbocycles. The molecule has 0 fully saturated rings. The third-order valence-electron chi connectivity index (χ3n) is 2.07. The quantitative estimate of drug-likeness (QED) is 0.634. The number of nitrogen functional groups attached to an aromatic ring is 1. The van der Waals surface area contributed by atoms with E-state index in [1.807, 2.05) is 0 Å². The molecule has 2 aromatic rings. The van der Waals surface area contributed by atoms with E-state index in [1.54, 1.807) is 24.3 Å². The highest BCUT2D eigenvalue weighted by molar-refractivity contribution is 7.99. The summed E-state index contributed by atoms with van der Waals surface area (Å²) in [5.41, 5.74) is 0.706. The maximum Gasteiger partial charge on any atom is 0.210 e. The van der Waals surface area contributed by atoms with Crippen molar-refractivity contribution in [2.75, 3.05) is 11.6 Å². The standard InChI is InChI=1S/C10H9ClN4O2S/c11-7-3-1-2-6(4-7)9-13-14-10(15(9)12)18-5-8(16)17/h1-4H,5,12H2,(H,16,17)/p-1. The zero-order chi connectivity index (χ0) is 13.1. The van der Waals surface area contributed by atoms with E-state index in [9.17, 15) is 9.90 Å². The van der Waals surface area contributed by atoms with E-state index in [4.69, 9.17) is 17.4 Å². The van der Waals surface area contributed by atoms with Gasteiger partial charge >= 0.3 is 0 Å². The number of benzene rings is 1. The first-order valence-electron chi connectivity index (χ1n) is 4.87. The molecule has 1 aromatic carbocycles. The Morgan fingerprint density at radius 3 is 2.94 bits per heavy atom. The fraction of sp³-hybridized carbons (Fsp3) is 0.100. The van der Waals surface area contributed by atoms with Gasteiger partial charge in [-0.15, -0.1) is 10.2 Å². The molecule has 0 spiro atoms. The number of nitrogens with zero attached hydrogens (tertiary/aromatic N) is 3. The molecule has 0 aliphatic rings. The number of hydrogen-bond donors (Lipinski definition) is 1. The zero-order valence-electron chi connectivity index (χ0n) is 9.04. The lowest BCUT2D eigenvalue weighted by Crippen LogP contribution is -2.24. The van der Waals surface area contributed by atoms with Crippen molar-refractivity contribution >= 4 is 29.3 Å². The highest BCUT2D eigenvalue weighted by Gasteiger charge is 2.12. The fourth-order valence-electron chi connectivity index (χ4n) is 1.32. The Balaban J connectivity index is 2.28. The lowest BCUT2D eigenvalue weighted by Gasteiger charge is -2.04. The highest BCUT2D eigenvalue weighted by Crippen LogP contribution is 2.23. The van der Waals surface area contributed by atoms with E-state index >= 15 is 0 Å². The van der Waals surface area contributed by atoms with Crippen LogP contribution in [0.2, 0.25) is 5.02 Å². The Morgan fingerprint density at radius 2 is 2.28 bits per heavy atom. The molecule has 0 atom stereocenters. The molecule has 2 N–H and O–H groups in total. The van der Waals surface area contributed by atoms with Crippen LogP contribution in [0.3, 0.4) is 0 Å². The van der Waals surface area contributed by atoms with Gasteiger partial charge in [0.15, 0.2) is 5.82 Å². The highest BCUT2D eigenvalue weighted by atomic mass is 35.5. The number of thioether (sulfide) groups is 1. The lowest BCUT2D eigenvalue weighted by molar-refractivity contribution is -0.301. The van der Waals surface area contributed by atoms with Crippen LogP contribution in [0.25, 0.3) is 11.4 Å². The number of aromatic nitrogens is 3. The van der Waals surface area contributed by atoms with Crippen LogP contribution in [0.4, 0.5) is 0 Å². The normalized spacial score (nSPS) is 10.5. The number of aliphatic carboxylic acids is 1. The number of nitrogens with two attached hydrogens (primary N) is 1. The van der Waals surface area contributed by atoms with Gasteiger partial charge in [-0.05, 0) is 12.1 Å². The van der Waals surface area contributed by atoms with Gasteiger partial charge in [0.05, 0.1) is 5.97 Å². The number of hydrogen-bond acceptors (Lipinski definition) is 6. The largest absolute Gasteiger partial charge is 0.549 e. The molecular weight excluding hydrogens is 276 g/mol. The van der Waals surface area contributed by atoms with E-state index < -0.39 is 5.97 Å². The van der Waals surface area contributed by atoms with Gasteiger partial charge in [-0.3, -0.25) is 0 Å². The third-order valence-corrected chi connectivity index (χ3v) is 3.22. The second kappa shape index (κ2) is 5.28. The molecular formula is C10H8ClN4O2S-. The van der Waals surface area contributed by atoms with E-state index in [1.165, 1.54) is 4.68 Å². The molecule has 0 unspecified atom stereocenters. The first-order valence-corrected chi connectivity index (χ1v) is 6.23. The van der Waals surface area contributed by atoms with Crippen LogP contribution in [0.15, 0.2) is 29.4 Å². The Kier molecular flexibility index (Phi) is 3.73. The van der Waals surface area contributed by atoms with Crippen molar-refractivity contribution in [3.63, 3.8) is 0 Å². The smallest absolute Gasteiger partial charge is 0.210 e. The molecule has 1 aromatic heterocycles. The fourth-order valence-corrected chi connectivity index (χ4v) is 2.08. The summed E-state index contributed by atoms with van der Waals surface area (Å²) in [7, 11) is 0. The van der Waals surface area contributed by atoms with Crippen molar-refractivity contribution in [1.82, 2.24) is 14.9 Å². The number of carbonyl (C=O) groups excluding carboxylic acids is 1. The Hall–Kier alpha value is -1.73. The maximum absolute atomic E-state index is 10.4. The molecule has 6 nitrogen and oxygen atoms in total. The minimum absolute atomic E-state index is 0.231. The summed E-state index contributed by atoms with van der Waals surface area (Å²) in [6, 6.07) is 6.98. The summed E-state index contributed by atoms with van der Waals surface area (Å²) in [6.45, 7) is 0. The van der Waals surface area contributed by atoms with Gasteiger partial charge in [0.25, 0.3) is 0 Å². The van der Waals surface area contributed by atoms with Gasteiger partial charge in [-0.2, -0.15) is 0 Å². The molecule has 0 aliphatic heterocycles. The molecule has 2 rings (SSSR count). The first kappa shape index (κ1) is 12.7. The maximum atomic E-state index is 10.4. The molecule has 0 saturated heterocycles. The Morgan fingerprint density at radius 1 is 1.50 bits per heavy atom. The Labute approximate surface area is 112 Å². The van der Waals surface area contributed by atoms with Crippen LogP contribution in [0.5, 0.6) is 0 Å². The molecule has 94 valence electrons. The molecule has 18 heavy (non-hydrogen) atoms. The third kappa shape index (κ3) is 2.74. The van der Waals surface area contributed by atoms with Crippen molar-refractivity contribution in [2.45, 2.75) is 5.16 Å². The summed E-state index contributed by atoms with van der Waals surface area (Å²) >= 11 is 6.81. The van der Waals surface area contributed by atoms with Crippen molar-refractivity contribution in [3.8, 4) is 11.4 Å². The first-order chi connectivity index (χ1) is 8.58. The second-order valence-corrected chi connectivity index (χ2v) is 4.73. The topological polar surface area (TPSA) is 96.9 Å². The van der Waals surface area contributed by atoms with Gasteiger partial charge in [0.1, 0.15) is 0 Å². The summed E-state index contributed by atoms with van der Waals surface area (Å²) in [6.07, 6.45) is 0. The van der Waals surface area contributed by atoms with Gasteiger partial charge in [0.2, 0.25) is 5.16 Å². The van der Waals surface area contributed by atoms with Crippen LogP contribution >= 0.6 is 23.4 Å². The number of halogens is 1. The van der Waals surface area contributed by atoms with Crippen LogP contribution in [0, 0.1) is 0 Å². The lowest BCUT2D eigenvalue weighted by atomic mass is 10.2. The molecule has 1 heterocycles. The monoisotopic (exact) mass is 283 g/mol. The number of rotatable bonds is 4. The van der Waals surface area contributed by atoms with E-state index in [0.29, 0.717) is 21.6 Å². The number of carbonyl (C=O) groups is 1. The van der Waals surface area contributed by atoms with Crippen LogP contribution in [-0.4, -0.2) is 26.6 Å². The van der Waals surface area contributed by atoms with Crippen molar-refractivity contribution in [2.24, 2.45) is 0 Å². The van der Waals surface area contributed by atoms with Gasteiger partial charge in [-0.1, -0.05) is 35.5 Å². The molecule has 0 saturated carbocycles. The van der Waals surface area contributed by atoms with Crippen molar-refractivity contribution in [1.29, 1.82) is 0 Å². The van der Waals surface area contributed by atoms with Crippen molar-refractivity contribution in [3.05, 3.63) is 29.3 Å². The van der Waals surface area contributed by atoms with Crippen LogP contribution in [-0.2, 0) is 4.79 Å². The summed E-state index contributed by atoms with van der Waals surface area (Å²) < 4.78 is 1.22. The number of carboxylic acids is 1. The predicted octanol–water partition coefficient (Wildman–Crippen LogP) is 0.154. The average Bonchev–Trinajstić information content (AvgIpc) is 2.68. The minimum Gasteiger partial charge on any atom is -0.549 e. The molecule has 0 bridgehead atoms. The summed E-state index contributed by atoms with van der Waals surface area (Å²) in [5.74, 6) is 4.78. The summed E-state index contributed by atoms with van der Waals surface area (Å²) in [4.78, 5) is 10.4. The zero-order valence-corrected chi connectivity index (χ0v) is 10.6.